The minimum absolute atomic E-state index is 0.133. The van der Waals surface area contributed by atoms with Crippen LogP contribution in [0, 0.1) is 5.41 Å². The van der Waals surface area contributed by atoms with Crippen molar-refractivity contribution in [3.63, 3.8) is 0 Å². The third-order valence-electron chi connectivity index (χ3n) is 4.16. The first-order chi connectivity index (χ1) is 8.47. The Balaban J connectivity index is 2.75. The number of rotatable bonds is 5. The van der Waals surface area contributed by atoms with E-state index in [2.05, 4.69) is 5.32 Å². The van der Waals surface area contributed by atoms with E-state index in [9.17, 15) is 9.90 Å². The van der Waals surface area contributed by atoms with Crippen LogP contribution in [0.1, 0.15) is 52.4 Å². The zero-order chi connectivity index (χ0) is 13.8. The Morgan fingerprint density at radius 1 is 1.39 bits per heavy atom. The zero-order valence-electron chi connectivity index (χ0n) is 11.2. The number of nitrogens with one attached hydrogen (secondary N) is 1. The first-order valence-corrected chi connectivity index (χ1v) is 7.17. The third kappa shape index (κ3) is 3.01. The van der Waals surface area contributed by atoms with Gasteiger partial charge in [0.2, 0.25) is 5.91 Å². The van der Waals surface area contributed by atoms with E-state index in [1.54, 1.807) is 0 Å². The van der Waals surface area contributed by atoms with Gasteiger partial charge in [0.05, 0.1) is 22.5 Å². The molecule has 0 spiro atoms. The molecule has 0 aromatic rings. The fraction of sp³-hybridized carbons (Fsp3) is 0.846. The maximum atomic E-state index is 12.4. The van der Waals surface area contributed by atoms with Crippen molar-refractivity contribution in [1.29, 1.82) is 0 Å². The molecule has 5 heteroatoms. The van der Waals surface area contributed by atoms with Crippen LogP contribution >= 0.6 is 12.2 Å². The first-order valence-electron chi connectivity index (χ1n) is 6.76. The predicted octanol–water partition coefficient (Wildman–Crippen LogP) is 1.50. The summed E-state index contributed by atoms with van der Waals surface area (Å²) < 4.78 is 0. The lowest BCUT2D eigenvalue weighted by Crippen LogP contribution is -2.54. The molecule has 0 aromatic heterocycles. The van der Waals surface area contributed by atoms with Crippen LogP contribution < -0.4 is 11.1 Å². The smallest absolute Gasteiger partial charge is 0.233 e. The number of carbonyl (C=O) groups excluding carboxylic acids is 1. The lowest BCUT2D eigenvalue weighted by molar-refractivity contribution is -0.129. The molecule has 4 nitrogen and oxygen atoms in total. The van der Waals surface area contributed by atoms with Crippen molar-refractivity contribution in [2.24, 2.45) is 11.1 Å². The van der Waals surface area contributed by atoms with Crippen LogP contribution in [0.15, 0.2) is 0 Å². The van der Waals surface area contributed by atoms with Gasteiger partial charge in [-0.25, -0.2) is 0 Å². The molecule has 1 aliphatic rings. The normalized spacial score (nSPS) is 24.6. The summed E-state index contributed by atoms with van der Waals surface area (Å²) in [4.78, 5) is 12.6. The van der Waals surface area contributed by atoms with Gasteiger partial charge < -0.3 is 16.2 Å². The molecule has 1 amide bonds. The molecule has 1 saturated carbocycles. The van der Waals surface area contributed by atoms with Gasteiger partial charge in [-0.3, -0.25) is 4.79 Å². The Kier molecular flexibility index (Phi) is 5.53. The van der Waals surface area contributed by atoms with E-state index in [1.165, 1.54) is 0 Å². The highest BCUT2D eigenvalue weighted by atomic mass is 32.1. The Labute approximate surface area is 114 Å². The SMILES string of the molecule is CCC(CC)(C(=O)NC1CCCCC1O)C(N)=S. The van der Waals surface area contributed by atoms with Crippen LogP contribution in [0.25, 0.3) is 0 Å². The summed E-state index contributed by atoms with van der Waals surface area (Å²) in [7, 11) is 0. The summed E-state index contributed by atoms with van der Waals surface area (Å²) in [5.74, 6) is -0.133. The number of hydrogen-bond acceptors (Lipinski definition) is 3. The fourth-order valence-corrected chi connectivity index (χ4v) is 3.00. The molecule has 0 aliphatic heterocycles. The van der Waals surface area contributed by atoms with Gasteiger partial charge in [-0.2, -0.15) is 0 Å². The minimum Gasteiger partial charge on any atom is -0.392 e. The van der Waals surface area contributed by atoms with E-state index < -0.39 is 11.5 Å². The highest BCUT2D eigenvalue weighted by Crippen LogP contribution is 2.28. The number of nitrogens with two attached hydrogens (primary N) is 1. The Morgan fingerprint density at radius 2 is 1.94 bits per heavy atom. The molecular formula is C13H24N2O2S. The standard InChI is InChI=1S/C13H24N2O2S/c1-3-13(4-2,11(14)18)12(17)15-9-7-5-6-8-10(9)16/h9-10,16H,3-8H2,1-2H3,(H2,14,18)(H,15,17). The number of aliphatic hydroxyl groups excluding tert-OH is 1. The van der Waals surface area contributed by atoms with Gasteiger partial charge in [-0.05, 0) is 25.7 Å². The molecule has 0 heterocycles. The molecule has 1 rings (SSSR count). The number of thiocarbonyl (C=S) groups is 1. The lowest BCUT2D eigenvalue weighted by Gasteiger charge is -2.34. The largest absolute Gasteiger partial charge is 0.392 e. The molecule has 0 saturated heterocycles. The molecule has 4 N–H and O–H groups in total. The van der Waals surface area contributed by atoms with Gasteiger partial charge in [0, 0.05) is 0 Å². The number of aliphatic hydroxyl groups is 1. The lowest BCUT2D eigenvalue weighted by atomic mass is 9.80. The molecular weight excluding hydrogens is 248 g/mol. The topological polar surface area (TPSA) is 75.3 Å². The van der Waals surface area contributed by atoms with Crippen LogP contribution in [0.3, 0.4) is 0 Å². The van der Waals surface area contributed by atoms with Crippen molar-refractivity contribution in [2.75, 3.05) is 0 Å². The minimum atomic E-state index is -0.771. The van der Waals surface area contributed by atoms with Crippen molar-refractivity contribution >= 4 is 23.1 Å². The Bertz CT molecular complexity index is 316. The molecule has 18 heavy (non-hydrogen) atoms. The Morgan fingerprint density at radius 3 is 2.39 bits per heavy atom. The van der Waals surface area contributed by atoms with Crippen molar-refractivity contribution in [2.45, 2.75) is 64.5 Å². The van der Waals surface area contributed by atoms with Gasteiger partial charge >= 0.3 is 0 Å². The van der Waals surface area contributed by atoms with Gasteiger partial charge in [0.25, 0.3) is 0 Å². The molecule has 1 aliphatic carbocycles. The molecule has 2 unspecified atom stereocenters. The van der Waals surface area contributed by atoms with E-state index in [0.29, 0.717) is 12.8 Å². The van der Waals surface area contributed by atoms with Crippen LogP contribution in [0.2, 0.25) is 0 Å². The summed E-state index contributed by atoms with van der Waals surface area (Å²) in [6.07, 6.45) is 4.38. The predicted molar refractivity (Wildman–Crippen MR) is 76.2 cm³/mol. The highest BCUT2D eigenvalue weighted by Gasteiger charge is 2.39. The summed E-state index contributed by atoms with van der Waals surface area (Å²) in [6.45, 7) is 3.83. The summed E-state index contributed by atoms with van der Waals surface area (Å²) in [5.41, 5.74) is 4.97. The van der Waals surface area contributed by atoms with Crippen LogP contribution in [-0.4, -0.2) is 28.1 Å². The Hall–Kier alpha value is -0.680. The van der Waals surface area contributed by atoms with Gasteiger partial charge in [0.1, 0.15) is 0 Å². The van der Waals surface area contributed by atoms with Crippen LogP contribution in [0.5, 0.6) is 0 Å². The highest BCUT2D eigenvalue weighted by molar-refractivity contribution is 7.80. The molecule has 2 atom stereocenters. The van der Waals surface area contributed by atoms with Crippen LogP contribution in [-0.2, 0) is 4.79 Å². The number of amides is 1. The third-order valence-corrected chi connectivity index (χ3v) is 4.55. The van der Waals surface area contributed by atoms with Gasteiger partial charge in [-0.1, -0.05) is 38.9 Å². The fourth-order valence-electron chi connectivity index (χ4n) is 2.62. The molecule has 0 radical (unpaired) electrons. The second kappa shape index (κ2) is 6.48. The van der Waals surface area contributed by atoms with Gasteiger partial charge in [-0.15, -0.1) is 0 Å². The monoisotopic (exact) mass is 272 g/mol. The van der Waals surface area contributed by atoms with E-state index in [-0.39, 0.29) is 16.9 Å². The molecule has 104 valence electrons. The van der Waals surface area contributed by atoms with E-state index in [1.807, 2.05) is 13.8 Å². The molecule has 1 fully saturated rings. The second-order valence-corrected chi connectivity index (χ2v) is 5.53. The van der Waals surface area contributed by atoms with Gasteiger partial charge in [0.15, 0.2) is 0 Å². The second-order valence-electron chi connectivity index (χ2n) is 5.09. The van der Waals surface area contributed by atoms with Crippen LogP contribution in [0.4, 0.5) is 0 Å². The van der Waals surface area contributed by atoms with E-state index >= 15 is 0 Å². The number of hydrogen-bond donors (Lipinski definition) is 3. The van der Waals surface area contributed by atoms with E-state index in [0.717, 1.165) is 25.7 Å². The summed E-state index contributed by atoms with van der Waals surface area (Å²) >= 11 is 5.06. The zero-order valence-corrected chi connectivity index (χ0v) is 12.1. The maximum Gasteiger partial charge on any atom is 0.233 e. The average molecular weight is 272 g/mol. The molecule has 0 aromatic carbocycles. The van der Waals surface area contributed by atoms with Crippen molar-refractivity contribution < 1.29 is 9.90 Å². The maximum absolute atomic E-state index is 12.4. The quantitative estimate of drug-likeness (QED) is 0.663. The first kappa shape index (κ1) is 15.4. The number of carbonyl (C=O) groups is 1. The summed E-state index contributed by atoms with van der Waals surface area (Å²) in [6, 6.07) is -0.155. The molecule has 0 bridgehead atoms. The van der Waals surface area contributed by atoms with Crippen molar-refractivity contribution in [1.82, 2.24) is 5.32 Å². The van der Waals surface area contributed by atoms with E-state index in [4.69, 9.17) is 18.0 Å². The van der Waals surface area contributed by atoms with Crippen molar-refractivity contribution in [3.05, 3.63) is 0 Å². The summed E-state index contributed by atoms with van der Waals surface area (Å²) in [5, 5.41) is 12.8. The van der Waals surface area contributed by atoms with Crippen molar-refractivity contribution in [3.8, 4) is 0 Å². The average Bonchev–Trinajstić information content (AvgIpc) is 2.34.